The first-order chi connectivity index (χ1) is 9.00. The maximum atomic E-state index is 12.5. The van der Waals surface area contributed by atoms with Crippen molar-refractivity contribution in [3.8, 4) is 0 Å². The lowest BCUT2D eigenvalue weighted by atomic mass is 9.81. The number of aryl methyl sites for hydroxylation is 1. The van der Waals surface area contributed by atoms with Gasteiger partial charge < -0.3 is 11.1 Å². The molecule has 19 heavy (non-hydrogen) atoms. The topological polar surface area (TPSA) is 55.1 Å². The number of carbonyl (C=O) groups excluding carboxylic acids is 1. The van der Waals surface area contributed by atoms with E-state index in [-0.39, 0.29) is 10.9 Å². The minimum atomic E-state index is -0.752. The number of anilines is 1. The summed E-state index contributed by atoms with van der Waals surface area (Å²) in [4.78, 5) is 12.7. The maximum absolute atomic E-state index is 12.5. The minimum Gasteiger partial charge on any atom is -0.392 e. The lowest BCUT2D eigenvalue weighted by molar-refractivity contribution is -0.122. The van der Waals surface area contributed by atoms with Crippen LogP contribution in [-0.2, 0) is 11.2 Å². The van der Waals surface area contributed by atoms with Crippen LogP contribution in [0.1, 0.15) is 39.2 Å². The molecule has 0 saturated carbocycles. The van der Waals surface area contributed by atoms with Gasteiger partial charge in [0.25, 0.3) is 0 Å². The molecule has 1 rings (SSSR count). The van der Waals surface area contributed by atoms with Gasteiger partial charge in [-0.3, -0.25) is 4.79 Å². The van der Waals surface area contributed by atoms with Gasteiger partial charge in [0, 0.05) is 5.69 Å². The molecule has 0 aliphatic rings. The molecule has 3 nitrogen and oxygen atoms in total. The minimum absolute atomic E-state index is 0.113. The Labute approximate surface area is 120 Å². The molecule has 0 bridgehead atoms. The lowest BCUT2D eigenvalue weighted by Crippen LogP contribution is -2.45. The summed E-state index contributed by atoms with van der Waals surface area (Å²) in [5, 5.41) is 2.93. The summed E-state index contributed by atoms with van der Waals surface area (Å²) in [6, 6.07) is 7.84. The van der Waals surface area contributed by atoms with Crippen LogP contribution < -0.4 is 11.1 Å². The van der Waals surface area contributed by atoms with E-state index in [1.54, 1.807) is 0 Å². The molecule has 0 heterocycles. The highest BCUT2D eigenvalue weighted by Crippen LogP contribution is 2.29. The van der Waals surface area contributed by atoms with E-state index in [0.717, 1.165) is 12.1 Å². The smallest absolute Gasteiger partial charge is 0.237 e. The summed E-state index contributed by atoms with van der Waals surface area (Å²) in [7, 11) is 0. The predicted octanol–water partition coefficient (Wildman–Crippen LogP) is 3.28. The van der Waals surface area contributed by atoms with Crippen LogP contribution in [0.2, 0.25) is 0 Å². The lowest BCUT2D eigenvalue weighted by Gasteiger charge is -2.29. The molecule has 0 fully saturated rings. The van der Waals surface area contributed by atoms with Crippen LogP contribution in [0.5, 0.6) is 0 Å². The molecular formula is C15H22N2OS. The zero-order valence-corrected chi connectivity index (χ0v) is 12.6. The molecule has 0 atom stereocenters. The van der Waals surface area contributed by atoms with Crippen molar-refractivity contribution in [1.82, 2.24) is 0 Å². The van der Waals surface area contributed by atoms with E-state index in [2.05, 4.69) is 12.2 Å². The van der Waals surface area contributed by atoms with Gasteiger partial charge in [-0.15, -0.1) is 0 Å². The molecule has 4 heteroatoms. The molecule has 0 aromatic heterocycles. The highest BCUT2D eigenvalue weighted by atomic mass is 32.1. The number of thiocarbonyl (C=S) groups is 1. The molecular weight excluding hydrogens is 256 g/mol. The largest absolute Gasteiger partial charge is 0.392 e. The number of nitrogens with one attached hydrogen (secondary N) is 1. The number of hydrogen-bond donors (Lipinski definition) is 2. The first-order valence-corrected chi connectivity index (χ1v) is 7.11. The maximum Gasteiger partial charge on any atom is 0.237 e. The molecule has 104 valence electrons. The molecule has 0 unspecified atom stereocenters. The van der Waals surface area contributed by atoms with Crippen molar-refractivity contribution in [2.75, 3.05) is 5.32 Å². The predicted molar refractivity (Wildman–Crippen MR) is 84.3 cm³/mol. The Morgan fingerprint density at radius 3 is 2.42 bits per heavy atom. The third kappa shape index (κ3) is 3.32. The number of carbonyl (C=O) groups is 1. The third-order valence-electron chi connectivity index (χ3n) is 3.71. The Kier molecular flexibility index (Phi) is 5.48. The second kappa shape index (κ2) is 6.66. The zero-order valence-electron chi connectivity index (χ0n) is 11.8. The van der Waals surface area contributed by atoms with Gasteiger partial charge in [-0.05, 0) is 37.0 Å². The van der Waals surface area contributed by atoms with Crippen molar-refractivity contribution in [3.05, 3.63) is 29.8 Å². The average molecular weight is 278 g/mol. The van der Waals surface area contributed by atoms with Crippen LogP contribution in [0, 0.1) is 5.41 Å². The van der Waals surface area contributed by atoms with Crippen LogP contribution in [0.4, 0.5) is 5.69 Å². The van der Waals surface area contributed by atoms with Gasteiger partial charge in [-0.25, -0.2) is 0 Å². The van der Waals surface area contributed by atoms with Gasteiger partial charge in [0.15, 0.2) is 0 Å². The Balaban J connectivity index is 2.96. The summed E-state index contributed by atoms with van der Waals surface area (Å²) in [6.07, 6.45) is 2.15. The van der Waals surface area contributed by atoms with E-state index < -0.39 is 5.41 Å². The fourth-order valence-electron chi connectivity index (χ4n) is 2.15. The van der Waals surface area contributed by atoms with Crippen LogP contribution in [0.25, 0.3) is 0 Å². The first-order valence-electron chi connectivity index (χ1n) is 6.70. The van der Waals surface area contributed by atoms with Gasteiger partial charge >= 0.3 is 0 Å². The van der Waals surface area contributed by atoms with Crippen LogP contribution in [-0.4, -0.2) is 10.9 Å². The van der Waals surface area contributed by atoms with Gasteiger partial charge in [-0.1, -0.05) is 45.1 Å². The molecule has 1 amide bonds. The summed E-state index contributed by atoms with van der Waals surface area (Å²) in [5.74, 6) is -0.113. The normalized spacial score (nSPS) is 11.1. The standard InChI is InChI=1S/C15H22N2OS/c1-4-11-8-7-9-12(10-11)17-14(18)15(5-2,6-3)13(16)19/h7-10H,4-6H2,1-3H3,(H2,16,19)(H,17,18). The Bertz CT molecular complexity index is 467. The Hall–Kier alpha value is -1.42. The van der Waals surface area contributed by atoms with Crippen molar-refractivity contribution in [1.29, 1.82) is 0 Å². The van der Waals surface area contributed by atoms with E-state index in [4.69, 9.17) is 18.0 Å². The highest BCUT2D eigenvalue weighted by Gasteiger charge is 2.38. The Morgan fingerprint density at radius 1 is 1.32 bits per heavy atom. The van der Waals surface area contributed by atoms with Gasteiger partial charge in [0.2, 0.25) is 5.91 Å². The number of rotatable bonds is 6. The second-order valence-corrected chi connectivity index (χ2v) is 5.10. The summed E-state index contributed by atoms with van der Waals surface area (Å²) < 4.78 is 0. The van der Waals surface area contributed by atoms with E-state index in [1.165, 1.54) is 5.56 Å². The quantitative estimate of drug-likeness (QED) is 0.785. The molecule has 3 N–H and O–H groups in total. The highest BCUT2D eigenvalue weighted by molar-refractivity contribution is 7.80. The molecule has 0 radical (unpaired) electrons. The number of benzene rings is 1. The van der Waals surface area contributed by atoms with Crippen LogP contribution in [0.3, 0.4) is 0 Å². The van der Waals surface area contributed by atoms with Gasteiger partial charge in [0.05, 0.1) is 10.4 Å². The monoisotopic (exact) mass is 278 g/mol. The molecule has 1 aromatic rings. The van der Waals surface area contributed by atoms with E-state index in [9.17, 15) is 4.79 Å². The van der Waals surface area contributed by atoms with Crippen molar-refractivity contribution in [2.45, 2.75) is 40.0 Å². The second-order valence-electron chi connectivity index (χ2n) is 4.66. The van der Waals surface area contributed by atoms with E-state index in [0.29, 0.717) is 12.8 Å². The fraction of sp³-hybridized carbons (Fsp3) is 0.467. The van der Waals surface area contributed by atoms with Gasteiger partial charge in [-0.2, -0.15) is 0 Å². The van der Waals surface area contributed by atoms with Crippen LogP contribution >= 0.6 is 12.2 Å². The summed E-state index contributed by atoms with van der Waals surface area (Å²) in [5.41, 5.74) is 7.01. The van der Waals surface area contributed by atoms with Gasteiger partial charge in [0.1, 0.15) is 0 Å². The van der Waals surface area contributed by atoms with Crippen molar-refractivity contribution in [3.63, 3.8) is 0 Å². The molecule has 0 spiro atoms. The molecule has 0 aliphatic carbocycles. The van der Waals surface area contributed by atoms with Crippen molar-refractivity contribution < 1.29 is 4.79 Å². The molecule has 1 aromatic carbocycles. The summed E-state index contributed by atoms with van der Waals surface area (Å²) in [6.45, 7) is 5.95. The third-order valence-corrected chi connectivity index (χ3v) is 4.10. The number of hydrogen-bond acceptors (Lipinski definition) is 2. The Morgan fingerprint density at radius 2 is 1.95 bits per heavy atom. The molecule has 0 saturated heterocycles. The number of amides is 1. The number of nitrogens with two attached hydrogens (primary N) is 1. The molecule has 0 aliphatic heterocycles. The van der Waals surface area contributed by atoms with E-state index in [1.807, 2.05) is 38.1 Å². The first kappa shape index (κ1) is 15.6. The average Bonchev–Trinajstić information content (AvgIpc) is 2.40. The zero-order chi connectivity index (χ0) is 14.5. The fourth-order valence-corrected chi connectivity index (χ4v) is 2.53. The summed E-state index contributed by atoms with van der Waals surface area (Å²) >= 11 is 5.09. The van der Waals surface area contributed by atoms with E-state index >= 15 is 0 Å². The van der Waals surface area contributed by atoms with Crippen molar-refractivity contribution >= 4 is 28.8 Å². The SMILES string of the molecule is CCc1cccc(NC(=O)C(CC)(CC)C(N)=S)c1. The van der Waals surface area contributed by atoms with Crippen molar-refractivity contribution in [2.24, 2.45) is 11.1 Å². The van der Waals surface area contributed by atoms with Crippen LogP contribution in [0.15, 0.2) is 24.3 Å².